The standard InChI is InChI=1S/C19H17N3O4S/c1-14-8-10-16(11-9-14)27(24,25)22-17-6-3-2-5-15(17)13-20-21-19(23)18-7-4-12-26-18/h2-13,22H,1H3,(H,21,23). The lowest BCUT2D eigenvalue weighted by atomic mass is 10.2. The molecule has 3 rings (SSSR count). The van der Waals surface area contributed by atoms with E-state index in [0.29, 0.717) is 11.3 Å². The second-order valence-corrected chi connectivity index (χ2v) is 7.36. The number of nitrogens with one attached hydrogen (secondary N) is 2. The van der Waals surface area contributed by atoms with Crippen molar-refractivity contribution in [3.63, 3.8) is 0 Å². The molecule has 0 radical (unpaired) electrons. The molecular weight excluding hydrogens is 366 g/mol. The predicted octanol–water partition coefficient (Wildman–Crippen LogP) is 3.15. The van der Waals surface area contributed by atoms with Crippen LogP contribution in [-0.4, -0.2) is 20.5 Å². The number of anilines is 1. The topological polar surface area (TPSA) is 101 Å². The number of rotatable bonds is 6. The minimum atomic E-state index is -3.74. The molecule has 0 aliphatic rings. The van der Waals surface area contributed by atoms with E-state index < -0.39 is 15.9 Å². The molecular formula is C19H17N3O4S. The molecule has 0 atom stereocenters. The Morgan fingerprint density at radius 1 is 1.04 bits per heavy atom. The van der Waals surface area contributed by atoms with Gasteiger partial charge < -0.3 is 4.42 Å². The van der Waals surface area contributed by atoms with Gasteiger partial charge in [0.15, 0.2) is 5.76 Å². The van der Waals surface area contributed by atoms with E-state index in [4.69, 9.17) is 4.42 Å². The van der Waals surface area contributed by atoms with Gasteiger partial charge in [0.05, 0.1) is 23.1 Å². The van der Waals surface area contributed by atoms with E-state index in [1.165, 1.54) is 30.7 Å². The third-order valence-corrected chi connectivity index (χ3v) is 5.03. The van der Waals surface area contributed by atoms with E-state index in [-0.39, 0.29) is 10.7 Å². The predicted molar refractivity (Wildman–Crippen MR) is 102 cm³/mol. The molecule has 1 aromatic heterocycles. The van der Waals surface area contributed by atoms with E-state index >= 15 is 0 Å². The lowest BCUT2D eigenvalue weighted by Crippen LogP contribution is -2.17. The summed E-state index contributed by atoms with van der Waals surface area (Å²) in [5.41, 5.74) is 4.12. The number of sulfonamides is 1. The summed E-state index contributed by atoms with van der Waals surface area (Å²) in [5.74, 6) is -0.380. The molecule has 138 valence electrons. The molecule has 0 saturated carbocycles. The minimum Gasteiger partial charge on any atom is -0.459 e. The highest BCUT2D eigenvalue weighted by Gasteiger charge is 2.15. The van der Waals surface area contributed by atoms with Crippen molar-refractivity contribution in [1.29, 1.82) is 0 Å². The molecule has 8 heteroatoms. The quantitative estimate of drug-likeness (QED) is 0.504. The van der Waals surface area contributed by atoms with Crippen LogP contribution in [0.15, 0.2) is 81.3 Å². The highest BCUT2D eigenvalue weighted by Crippen LogP contribution is 2.19. The second-order valence-electron chi connectivity index (χ2n) is 5.68. The van der Waals surface area contributed by atoms with E-state index in [1.54, 1.807) is 42.5 Å². The number of para-hydroxylation sites is 1. The third kappa shape index (κ3) is 4.62. The maximum atomic E-state index is 12.6. The fraction of sp³-hybridized carbons (Fsp3) is 0.0526. The van der Waals surface area contributed by atoms with Crippen LogP contribution in [0.4, 0.5) is 5.69 Å². The molecule has 0 aliphatic carbocycles. The first-order chi connectivity index (χ1) is 13.0. The SMILES string of the molecule is Cc1ccc(S(=O)(=O)Nc2ccccc2C=NNC(=O)c2ccco2)cc1. The molecule has 0 fully saturated rings. The molecule has 0 saturated heterocycles. The number of aryl methyl sites for hydroxylation is 1. The van der Waals surface area contributed by atoms with Crippen molar-refractivity contribution in [1.82, 2.24) is 5.43 Å². The van der Waals surface area contributed by atoms with Crippen molar-refractivity contribution in [2.45, 2.75) is 11.8 Å². The lowest BCUT2D eigenvalue weighted by molar-refractivity contribution is 0.0927. The molecule has 2 aromatic carbocycles. The lowest BCUT2D eigenvalue weighted by Gasteiger charge is -2.10. The highest BCUT2D eigenvalue weighted by molar-refractivity contribution is 7.92. The van der Waals surface area contributed by atoms with Gasteiger partial charge in [0, 0.05) is 5.56 Å². The zero-order chi connectivity index (χ0) is 19.3. The summed E-state index contributed by atoms with van der Waals surface area (Å²) in [7, 11) is -3.74. The van der Waals surface area contributed by atoms with Crippen LogP contribution in [0.2, 0.25) is 0 Å². The Bertz CT molecular complexity index is 1060. The molecule has 3 aromatic rings. The number of carbonyl (C=O) groups is 1. The van der Waals surface area contributed by atoms with Gasteiger partial charge in [-0.3, -0.25) is 9.52 Å². The molecule has 2 N–H and O–H groups in total. The normalized spacial score (nSPS) is 11.4. The Morgan fingerprint density at radius 2 is 1.78 bits per heavy atom. The van der Waals surface area contributed by atoms with Gasteiger partial charge >= 0.3 is 5.91 Å². The third-order valence-electron chi connectivity index (χ3n) is 3.65. The number of hydrogen-bond acceptors (Lipinski definition) is 5. The van der Waals surface area contributed by atoms with Crippen LogP contribution in [0.5, 0.6) is 0 Å². The zero-order valence-electron chi connectivity index (χ0n) is 14.4. The van der Waals surface area contributed by atoms with Crippen LogP contribution in [0.3, 0.4) is 0 Å². The zero-order valence-corrected chi connectivity index (χ0v) is 15.2. The number of carbonyl (C=O) groups excluding carboxylic acids is 1. The van der Waals surface area contributed by atoms with E-state index in [0.717, 1.165) is 5.56 Å². The summed E-state index contributed by atoms with van der Waals surface area (Å²) < 4.78 is 32.6. The average molecular weight is 383 g/mol. The molecule has 7 nitrogen and oxygen atoms in total. The summed E-state index contributed by atoms with van der Waals surface area (Å²) in [6.45, 7) is 1.88. The largest absolute Gasteiger partial charge is 0.459 e. The molecule has 0 unspecified atom stereocenters. The van der Waals surface area contributed by atoms with Crippen molar-refractivity contribution >= 4 is 27.8 Å². The Balaban J connectivity index is 1.76. The van der Waals surface area contributed by atoms with Gasteiger partial charge in [0.25, 0.3) is 10.0 Å². The molecule has 0 spiro atoms. The number of nitrogens with zero attached hydrogens (tertiary/aromatic N) is 1. The van der Waals surface area contributed by atoms with Gasteiger partial charge in [-0.2, -0.15) is 5.10 Å². The van der Waals surface area contributed by atoms with Gasteiger partial charge in [0.1, 0.15) is 0 Å². The first-order valence-electron chi connectivity index (χ1n) is 8.01. The van der Waals surface area contributed by atoms with Crippen molar-refractivity contribution in [2.24, 2.45) is 5.10 Å². The molecule has 1 amide bonds. The Morgan fingerprint density at radius 3 is 2.48 bits per heavy atom. The fourth-order valence-electron chi connectivity index (χ4n) is 2.25. The van der Waals surface area contributed by atoms with Crippen LogP contribution in [0, 0.1) is 6.92 Å². The first-order valence-corrected chi connectivity index (χ1v) is 9.49. The van der Waals surface area contributed by atoms with Crippen LogP contribution in [0.25, 0.3) is 0 Å². The van der Waals surface area contributed by atoms with Crippen LogP contribution >= 0.6 is 0 Å². The summed E-state index contributed by atoms with van der Waals surface area (Å²) in [4.78, 5) is 12.0. The highest BCUT2D eigenvalue weighted by atomic mass is 32.2. The summed E-state index contributed by atoms with van der Waals surface area (Å²) >= 11 is 0. The van der Waals surface area contributed by atoms with E-state index in [2.05, 4.69) is 15.2 Å². The second kappa shape index (κ2) is 7.88. The molecule has 0 aliphatic heterocycles. The Hall–Kier alpha value is -3.39. The summed E-state index contributed by atoms with van der Waals surface area (Å²) in [6.07, 6.45) is 2.74. The van der Waals surface area contributed by atoms with Gasteiger partial charge in [-0.15, -0.1) is 0 Å². The molecule has 27 heavy (non-hydrogen) atoms. The summed E-state index contributed by atoms with van der Waals surface area (Å²) in [5, 5.41) is 3.85. The van der Waals surface area contributed by atoms with Crippen molar-refractivity contribution < 1.29 is 17.6 Å². The van der Waals surface area contributed by atoms with Gasteiger partial charge in [-0.1, -0.05) is 35.9 Å². The summed E-state index contributed by atoms with van der Waals surface area (Å²) in [6, 6.07) is 16.4. The monoisotopic (exact) mass is 383 g/mol. The average Bonchev–Trinajstić information content (AvgIpc) is 3.18. The molecule has 0 bridgehead atoms. The van der Waals surface area contributed by atoms with Gasteiger partial charge in [-0.25, -0.2) is 13.8 Å². The van der Waals surface area contributed by atoms with Crippen LogP contribution < -0.4 is 10.1 Å². The molecule has 1 heterocycles. The van der Waals surface area contributed by atoms with Gasteiger partial charge in [0.2, 0.25) is 0 Å². The maximum Gasteiger partial charge on any atom is 0.307 e. The number of amides is 1. The number of hydrogen-bond donors (Lipinski definition) is 2. The van der Waals surface area contributed by atoms with E-state index in [1.807, 2.05) is 6.92 Å². The number of furan rings is 1. The van der Waals surface area contributed by atoms with Crippen LogP contribution in [-0.2, 0) is 10.0 Å². The number of benzene rings is 2. The van der Waals surface area contributed by atoms with Crippen molar-refractivity contribution in [2.75, 3.05) is 4.72 Å². The number of hydrazone groups is 1. The van der Waals surface area contributed by atoms with Gasteiger partial charge in [-0.05, 0) is 37.3 Å². The Kier molecular flexibility index (Phi) is 5.37. The van der Waals surface area contributed by atoms with Crippen molar-refractivity contribution in [3.8, 4) is 0 Å². The smallest absolute Gasteiger partial charge is 0.307 e. The Labute approximate surface area is 156 Å². The van der Waals surface area contributed by atoms with Crippen molar-refractivity contribution in [3.05, 3.63) is 83.8 Å². The van der Waals surface area contributed by atoms with E-state index in [9.17, 15) is 13.2 Å². The minimum absolute atomic E-state index is 0.125. The first kappa shape index (κ1) is 18.4. The fourth-order valence-corrected chi connectivity index (χ4v) is 3.33. The maximum absolute atomic E-state index is 12.6. The van der Waals surface area contributed by atoms with Crippen LogP contribution in [0.1, 0.15) is 21.7 Å².